The van der Waals surface area contributed by atoms with Gasteiger partial charge >= 0.3 is 0 Å². The van der Waals surface area contributed by atoms with Gasteiger partial charge in [0.05, 0.1) is 0 Å². The molecule has 0 radical (unpaired) electrons. The summed E-state index contributed by atoms with van der Waals surface area (Å²) < 4.78 is 15.4. The van der Waals surface area contributed by atoms with Crippen LogP contribution in [0.5, 0.6) is 0 Å². The summed E-state index contributed by atoms with van der Waals surface area (Å²) in [5, 5.41) is 3.31. The monoisotopic (exact) mass is 230 g/mol. The van der Waals surface area contributed by atoms with Crippen molar-refractivity contribution >= 4 is 0 Å². The number of aryl methyl sites for hydroxylation is 1. The van der Waals surface area contributed by atoms with E-state index in [1.54, 1.807) is 12.1 Å². The molecule has 2 heterocycles. The molecule has 3 rings (SSSR count). The van der Waals surface area contributed by atoms with E-state index < -0.39 is 0 Å². The van der Waals surface area contributed by atoms with E-state index in [9.17, 15) is 4.39 Å². The zero-order chi connectivity index (χ0) is 12.0. The van der Waals surface area contributed by atoms with Crippen LogP contribution in [0.1, 0.15) is 23.0 Å². The largest absolute Gasteiger partial charge is 0.318 e. The molecule has 0 saturated carbocycles. The zero-order valence-electron chi connectivity index (χ0n) is 10.00. The number of rotatable bonds is 2. The van der Waals surface area contributed by atoms with Gasteiger partial charge in [0.1, 0.15) is 5.82 Å². The molecule has 1 saturated heterocycles. The molecule has 3 heteroatoms. The Kier molecular flexibility index (Phi) is 2.30. The predicted octanol–water partition coefficient (Wildman–Crippen LogP) is 2.88. The second kappa shape index (κ2) is 3.70. The van der Waals surface area contributed by atoms with Crippen molar-refractivity contribution in [1.29, 1.82) is 0 Å². The van der Waals surface area contributed by atoms with Crippen molar-refractivity contribution in [1.82, 2.24) is 9.88 Å². The summed E-state index contributed by atoms with van der Waals surface area (Å²) in [4.78, 5) is 0. The fourth-order valence-electron chi connectivity index (χ4n) is 2.43. The van der Waals surface area contributed by atoms with E-state index in [1.165, 1.54) is 17.3 Å². The van der Waals surface area contributed by atoms with Crippen LogP contribution in [0.15, 0.2) is 30.3 Å². The molecule has 88 valence electrons. The van der Waals surface area contributed by atoms with Gasteiger partial charge in [-0.2, -0.15) is 0 Å². The lowest BCUT2D eigenvalue weighted by Crippen LogP contribution is -2.00. The van der Waals surface area contributed by atoms with Gasteiger partial charge < -0.3 is 9.88 Å². The fourth-order valence-corrected chi connectivity index (χ4v) is 2.43. The molecule has 1 aliphatic heterocycles. The van der Waals surface area contributed by atoms with Crippen LogP contribution in [-0.2, 0) is 0 Å². The summed E-state index contributed by atoms with van der Waals surface area (Å²) in [6.45, 7) is 5.20. The van der Waals surface area contributed by atoms with E-state index in [-0.39, 0.29) is 5.82 Å². The van der Waals surface area contributed by atoms with Gasteiger partial charge in [-0.15, -0.1) is 0 Å². The predicted molar refractivity (Wildman–Crippen MR) is 65.9 cm³/mol. The summed E-state index contributed by atoms with van der Waals surface area (Å²) >= 11 is 0. The Hall–Kier alpha value is -1.61. The molecule has 2 aromatic rings. The minimum absolute atomic E-state index is 0.193. The molecule has 1 aromatic heterocycles. The average Bonchev–Trinajstić information content (AvgIpc) is 3.06. The van der Waals surface area contributed by atoms with Crippen LogP contribution < -0.4 is 5.32 Å². The van der Waals surface area contributed by atoms with Gasteiger partial charge in [0, 0.05) is 29.7 Å². The first-order valence-corrected chi connectivity index (χ1v) is 5.85. The van der Waals surface area contributed by atoms with E-state index in [1.807, 2.05) is 6.07 Å². The quantitative estimate of drug-likeness (QED) is 0.789. The molecule has 17 heavy (non-hydrogen) atoms. The number of hydrogen-bond acceptors (Lipinski definition) is 1. The fraction of sp³-hybridized carbons (Fsp3) is 0.286. The van der Waals surface area contributed by atoms with Crippen molar-refractivity contribution in [2.45, 2.75) is 19.9 Å². The highest BCUT2D eigenvalue weighted by molar-refractivity contribution is 5.43. The highest BCUT2D eigenvalue weighted by Gasteiger charge is 2.26. The molecule has 1 aliphatic rings. The van der Waals surface area contributed by atoms with Crippen LogP contribution in [0, 0.1) is 19.7 Å². The molecule has 0 unspecified atom stereocenters. The molecule has 0 aliphatic carbocycles. The van der Waals surface area contributed by atoms with Crippen molar-refractivity contribution in [3.05, 3.63) is 53.1 Å². The first kappa shape index (κ1) is 10.5. The SMILES string of the molecule is Cc1cc([C@@H]2CN2)c(C)n1-c1cccc(F)c1. The molecule has 1 atom stereocenters. The number of hydrogen-bond donors (Lipinski definition) is 1. The number of nitrogens with zero attached hydrogens (tertiary/aromatic N) is 1. The number of halogens is 1. The maximum Gasteiger partial charge on any atom is 0.125 e. The summed E-state index contributed by atoms with van der Waals surface area (Å²) in [7, 11) is 0. The van der Waals surface area contributed by atoms with Gasteiger partial charge in [-0.25, -0.2) is 4.39 Å². The standard InChI is InChI=1S/C14H15FN2/c1-9-6-13(14-8-16-14)10(2)17(9)12-5-3-4-11(15)7-12/h3-7,14,16H,8H2,1-2H3/t14-/m0/s1. The molecular formula is C14H15FN2. The van der Waals surface area contributed by atoms with Crippen molar-refractivity contribution in [3.63, 3.8) is 0 Å². The van der Waals surface area contributed by atoms with Crippen LogP contribution in [0.2, 0.25) is 0 Å². The van der Waals surface area contributed by atoms with Gasteiger partial charge in [0.25, 0.3) is 0 Å². The van der Waals surface area contributed by atoms with Crippen LogP contribution >= 0.6 is 0 Å². The summed E-state index contributed by atoms with van der Waals surface area (Å²) in [5.74, 6) is -0.193. The Balaban J connectivity index is 2.13. The van der Waals surface area contributed by atoms with E-state index in [0.717, 1.165) is 17.9 Å². The lowest BCUT2D eigenvalue weighted by atomic mass is 10.2. The normalized spacial score (nSPS) is 18.4. The number of aromatic nitrogens is 1. The van der Waals surface area contributed by atoms with E-state index in [2.05, 4.69) is 29.8 Å². The third kappa shape index (κ3) is 1.76. The first-order valence-electron chi connectivity index (χ1n) is 5.85. The third-order valence-corrected chi connectivity index (χ3v) is 3.32. The smallest absolute Gasteiger partial charge is 0.125 e. The van der Waals surface area contributed by atoms with Gasteiger partial charge in [-0.05, 0) is 43.7 Å². The Morgan fingerprint density at radius 2 is 2.06 bits per heavy atom. The van der Waals surface area contributed by atoms with Gasteiger partial charge in [-0.3, -0.25) is 0 Å². The average molecular weight is 230 g/mol. The third-order valence-electron chi connectivity index (χ3n) is 3.32. The lowest BCUT2D eigenvalue weighted by molar-refractivity contribution is 0.626. The summed E-state index contributed by atoms with van der Waals surface area (Å²) in [6, 6.07) is 9.41. The first-order chi connectivity index (χ1) is 8.16. The maximum atomic E-state index is 13.3. The van der Waals surface area contributed by atoms with Gasteiger partial charge in [0.2, 0.25) is 0 Å². The van der Waals surface area contributed by atoms with Crippen molar-refractivity contribution in [2.75, 3.05) is 6.54 Å². The zero-order valence-corrected chi connectivity index (χ0v) is 10.00. The summed E-state index contributed by atoms with van der Waals surface area (Å²) in [6.07, 6.45) is 0. The molecule has 2 nitrogen and oxygen atoms in total. The van der Waals surface area contributed by atoms with Crippen molar-refractivity contribution < 1.29 is 4.39 Å². The number of nitrogens with one attached hydrogen (secondary N) is 1. The molecule has 1 aromatic carbocycles. The van der Waals surface area contributed by atoms with Crippen LogP contribution in [0.3, 0.4) is 0 Å². The van der Waals surface area contributed by atoms with Crippen molar-refractivity contribution in [2.24, 2.45) is 0 Å². The van der Waals surface area contributed by atoms with Crippen LogP contribution in [0.25, 0.3) is 5.69 Å². The minimum Gasteiger partial charge on any atom is -0.318 e. The van der Waals surface area contributed by atoms with Gasteiger partial charge in [-0.1, -0.05) is 6.07 Å². The molecule has 1 N–H and O–H groups in total. The highest BCUT2D eigenvalue weighted by Crippen LogP contribution is 2.29. The van der Waals surface area contributed by atoms with Gasteiger partial charge in [0.15, 0.2) is 0 Å². The second-order valence-electron chi connectivity index (χ2n) is 4.60. The Morgan fingerprint density at radius 1 is 1.29 bits per heavy atom. The van der Waals surface area contributed by atoms with E-state index >= 15 is 0 Å². The molecular weight excluding hydrogens is 215 g/mol. The second-order valence-corrected chi connectivity index (χ2v) is 4.60. The van der Waals surface area contributed by atoms with Crippen LogP contribution in [-0.4, -0.2) is 11.1 Å². The highest BCUT2D eigenvalue weighted by atomic mass is 19.1. The van der Waals surface area contributed by atoms with E-state index in [0.29, 0.717) is 6.04 Å². The lowest BCUT2D eigenvalue weighted by Gasteiger charge is -2.09. The number of benzene rings is 1. The summed E-state index contributed by atoms with van der Waals surface area (Å²) in [5.41, 5.74) is 4.57. The Morgan fingerprint density at radius 3 is 2.71 bits per heavy atom. The molecule has 0 spiro atoms. The van der Waals surface area contributed by atoms with Crippen molar-refractivity contribution in [3.8, 4) is 5.69 Å². The molecule has 1 fully saturated rings. The molecule has 0 bridgehead atoms. The Bertz CT molecular complexity index is 568. The topological polar surface area (TPSA) is 26.9 Å². The Labute approximate surface area is 100 Å². The maximum absolute atomic E-state index is 13.3. The minimum atomic E-state index is -0.193. The van der Waals surface area contributed by atoms with Crippen LogP contribution in [0.4, 0.5) is 4.39 Å². The van der Waals surface area contributed by atoms with E-state index in [4.69, 9.17) is 0 Å². The molecule has 0 amide bonds.